The minimum atomic E-state index is -1.08. The number of hydrogen-bond acceptors (Lipinski definition) is 3. The van der Waals surface area contributed by atoms with E-state index < -0.39 is 23.5 Å². The fourth-order valence-electron chi connectivity index (χ4n) is 1.38. The Morgan fingerprint density at radius 1 is 1.26 bits per heavy atom. The molecule has 0 aromatic heterocycles. The number of nitrogens with one attached hydrogen (secondary N) is 2. The molecule has 3 N–H and O–H groups in total. The molecule has 0 bridgehead atoms. The van der Waals surface area contributed by atoms with Crippen molar-refractivity contribution < 1.29 is 19.5 Å². The van der Waals surface area contributed by atoms with E-state index in [0.717, 1.165) is 0 Å². The monoisotopic (exact) mass is 273 g/mol. The summed E-state index contributed by atoms with van der Waals surface area (Å²) in [5.41, 5.74) is -0.594. The fraction of sp³-hybridized carbons (Fsp3) is 0.750. The van der Waals surface area contributed by atoms with Gasteiger partial charge in [0.1, 0.15) is 6.04 Å². The van der Waals surface area contributed by atoms with Gasteiger partial charge in [-0.05, 0) is 5.41 Å². The topological polar surface area (TPSA) is 98.7 Å². The van der Waals surface area contributed by atoms with Crippen LogP contribution >= 0.6 is 0 Å². The molecule has 0 aliphatic heterocycles. The standard InChI is InChI=1S/C12H23N3O4/c1-12(2,3)9(10(17)18)14-11(19)15(5)7-6-8(16)13-4/h9H,6-7H2,1-5H3,(H,13,16)(H,14,19)(H,17,18)/t9-/m1/s1. The molecule has 110 valence electrons. The Kier molecular flexibility index (Phi) is 6.31. The average Bonchev–Trinajstić information content (AvgIpc) is 2.29. The molecule has 7 heteroatoms. The van der Waals surface area contributed by atoms with E-state index in [1.54, 1.807) is 20.8 Å². The number of carbonyl (C=O) groups is 3. The van der Waals surface area contributed by atoms with E-state index in [4.69, 9.17) is 5.11 Å². The maximum Gasteiger partial charge on any atom is 0.326 e. The van der Waals surface area contributed by atoms with Crippen LogP contribution in [0.3, 0.4) is 0 Å². The number of aliphatic carboxylic acids is 1. The van der Waals surface area contributed by atoms with Gasteiger partial charge in [0.2, 0.25) is 5.91 Å². The Morgan fingerprint density at radius 2 is 1.79 bits per heavy atom. The normalized spacial score (nSPS) is 12.5. The molecule has 0 saturated heterocycles. The van der Waals surface area contributed by atoms with Gasteiger partial charge in [-0.3, -0.25) is 4.79 Å². The van der Waals surface area contributed by atoms with Crippen LogP contribution in [0.2, 0.25) is 0 Å². The first-order valence-electron chi connectivity index (χ1n) is 6.04. The van der Waals surface area contributed by atoms with Crippen molar-refractivity contribution >= 4 is 17.9 Å². The number of carboxylic acids is 1. The maximum atomic E-state index is 11.8. The second-order valence-corrected chi connectivity index (χ2v) is 5.43. The number of hydrogen-bond donors (Lipinski definition) is 3. The van der Waals surface area contributed by atoms with Gasteiger partial charge in [0.15, 0.2) is 0 Å². The third-order valence-electron chi connectivity index (χ3n) is 2.68. The number of carboxylic acid groups (broad SMARTS) is 1. The molecule has 0 unspecified atom stereocenters. The van der Waals surface area contributed by atoms with Crippen LogP contribution in [0, 0.1) is 5.41 Å². The molecule has 0 radical (unpaired) electrons. The van der Waals surface area contributed by atoms with Gasteiger partial charge in [-0.15, -0.1) is 0 Å². The van der Waals surface area contributed by atoms with Crippen molar-refractivity contribution in [1.82, 2.24) is 15.5 Å². The number of rotatable bonds is 5. The molecule has 19 heavy (non-hydrogen) atoms. The van der Waals surface area contributed by atoms with Gasteiger partial charge in [0, 0.05) is 27.1 Å². The summed E-state index contributed by atoms with van der Waals surface area (Å²) in [6, 6.07) is -1.49. The Bertz CT molecular complexity index is 349. The molecular weight excluding hydrogens is 250 g/mol. The van der Waals surface area contributed by atoms with Crippen molar-refractivity contribution in [2.75, 3.05) is 20.6 Å². The predicted octanol–water partition coefficient (Wildman–Crippen LogP) is 0.263. The quantitative estimate of drug-likeness (QED) is 0.669. The molecule has 0 aliphatic rings. The van der Waals surface area contributed by atoms with Crippen LogP contribution in [0.4, 0.5) is 4.79 Å². The highest BCUT2D eigenvalue weighted by Crippen LogP contribution is 2.19. The van der Waals surface area contributed by atoms with E-state index in [9.17, 15) is 14.4 Å². The molecule has 3 amide bonds. The first-order chi connectivity index (χ1) is 8.59. The van der Waals surface area contributed by atoms with Gasteiger partial charge < -0.3 is 20.6 Å². The predicted molar refractivity (Wildman–Crippen MR) is 70.7 cm³/mol. The summed E-state index contributed by atoms with van der Waals surface area (Å²) in [5, 5.41) is 14.0. The fourth-order valence-corrected chi connectivity index (χ4v) is 1.38. The molecule has 7 nitrogen and oxygen atoms in total. The Morgan fingerprint density at radius 3 is 2.16 bits per heavy atom. The van der Waals surface area contributed by atoms with Gasteiger partial charge in [-0.2, -0.15) is 0 Å². The summed E-state index contributed by atoms with van der Waals surface area (Å²) >= 11 is 0. The zero-order valence-corrected chi connectivity index (χ0v) is 12.1. The van der Waals surface area contributed by atoms with Crippen molar-refractivity contribution in [3.8, 4) is 0 Å². The second-order valence-electron chi connectivity index (χ2n) is 5.43. The van der Waals surface area contributed by atoms with Crippen molar-refractivity contribution in [1.29, 1.82) is 0 Å². The highest BCUT2D eigenvalue weighted by Gasteiger charge is 2.33. The van der Waals surface area contributed by atoms with Crippen molar-refractivity contribution in [2.24, 2.45) is 5.41 Å². The van der Waals surface area contributed by atoms with Crippen LogP contribution in [0.5, 0.6) is 0 Å². The molecular formula is C12H23N3O4. The van der Waals surface area contributed by atoms with Crippen LogP contribution in [0.15, 0.2) is 0 Å². The largest absolute Gasteiger partial charge is 0.480 e. The van der Waals surface area contributed by atoms with Crippen molar-refractivity contribution in [3.63, 3.8) is 0 Å². The lowest BCUT2D eigenvalue weighted by Crippen LogP contribution is -2.52. The van der Waals surface area contributed by atoms with Crippen LogP contribution in [-0.2, 0) is 9.59 Å². The lowest BCUT2D eigenvalue weighted by molar-refractivity contribution is -0.142. The number of amides is 3. The zero-order valence-electron chi connectivity index (χ0n) is 12.1. The van der Waals surface area contributed by atoms with Crippen LogP contribution in [-0.4, -0.2) is 54.6 Å². The summed E-state index contributed by atoms with van der Waals surface area (Å²) < 4.78 is 0. The Labute approximate surface area is 113 Å². The van der Waals surface area contributed by atoms with Crippen molar-refractivity contribution in [2.45, 2.75) is 33.2 Å². The summed E-state index contributed by atoms with van der Waals surface area (Å²) in [5.74, 6) is -1.26. The van der Waals surface area contributed by atoms with Gasteiger partial charge in [-0.25, -0.2) is 9.59 Å². The molecule has 0 saturated carbocycles. The third-order valence-corrected chi connectivity index (χ3v) is 2.68. The van der Waals surface area contributed by atoms with E-state index in [-0.39, 0.29) is 18.9 Å². The first-order valence-corrected chi connectivity index (χ1v) is 6.04. The van der Waals surface area contributed by atoms with Gasteiger partial charge in [0.25, 0.3) is 0 Å². The van der Waals surface area contributed by atoms with Crippen molar-refractivity contribution in [3.05, 3.63) is 0 Å². The van der Waals surface area contributed by atoms with Gasteiger partial charge in [0.05, 0.1) is 0 Å². The molecule has 0 spiro atoms. The van der Waals surface area contributed by atoms with E-state index in [1.807, 2.05) is 0 Å². The lowest BCUT2D eigenvalue weighted by Gasteiger charge is -2.29. The number of nitrogens with zero attached hydrogens (tertiary/aromatic N) is 1. The number of carbonyl (C=O) groups excluding carboxylic acids is 2. The summed E-state index contributed by atoms with van der Waals surface area (Å²) in [6.45, 7) is 5.42. The Hall–Kier alpha value is -1.79. The summed E-state index contributed by atoms with van der Waals surface area (Å²) in [6.07, 6.45) is 0.174. The lowest BCUT2D eigenvalue weighted by atomic mass is 9.87. The summed E-state index contributed by atoms with van der Waals surface area (Å²) in [7, 11) is 3.03. The van der Waals surface area contributed by atoms with Crippen LogP contribution < -0.4 is 10.6 Å². The van der Waals surface area contributed by atoms with E-state index >= 15 is 0 Å². The highest BCUT2D eigenvalue weighted by atomic mass is 16.4. The van der Waals surface area contributed by atoms with Crippen LogP contribution in [0.25, 0.3) is 0 Å². The third kappa shape index (κ3) is 6.08. The van der Waals surface area contributed by atoms with Gasteiger partial charge >= 0.3 is 12.0 Å². The molecule has 0 aromatic rings. The zero-order chi connectivity index (χ0) is 15.2. The minimum absolute atomic E-state index is 0.174. The minimum Gasteiger partial charge on any atom is -0.480 e. The van der Waals surface area contributed by atoms with Gasteiger partial charge in [-0.1, -0.05) is 20.8 Å². The Balaban J connectivity index is 4.49. The second kappa shape index (κ2) is 6.96. The average molecular weight is 273 g/mol. The molecule has 1 atom stereocenters. The van der Waals surface area contributed by atoms with Crippen LogP contribution in [0.1, 0.15) is 27.2 Å². The molecule has 0 heterocycles. The SMILES string of the molecule is CNC(=O)CCN(C)C(=O)N[C@H](C(=O)O)C(C)(C)C. The smallest absolute Gasteiger partial charge is 0.326 e. The maximum absolute atomic E-state index is 11.8. The molecule has 0 rings (SSSR count). The summed E-state index contributed by atoms with van der Waals surface area (Å²) in [4.78, 5) is 35.3. The highest BCUT2D eigenvalue weighted by molar-refractivity contribution is 5.83. The molecule has 0 fully saturated rings. The molecule has 0 aliphatic carbocycles. The molecule has 0 aromatic carbocycles. The van der Waals surface area contributed by atoms with E-state index in [2.05, 4.69) is 10.6 Å². The van der Waals surface area contributed by atoms with E-state index in [0.29, 0.717) is 0 Å². The first kappa shape index (κ1) is 17.2. The van der Waals surface area contributed by atoms with E-state index in [1.165, 1.54) is 19.0 Å². The number of urea groups is 1.